The summed E-state index contributed by atoms with van der Waals surface area (Å²) in [5.41, 5.74) is 3.98. The number of rotatable bonds is 13. The van der Waals surface area contributed by atoms with Gasteiger partial charge in [-0.05, 0) is 56.9 Å². The number of pyridine rings is 1. The van der Waals surface area contributed by atoms with E-state index in [1.54, 1.807) is 31.5 Å². The highest BCUT2D eigenvalue weighted by Crippen LogP contribution is 2.32. The van der Waals surface area contributed by atoms with Gasteiger partial charge in [-0.15, -0.1) is 0 Å². The third-order valence-corrected chi connectivity index (χ3v) is 7.75. The largest absolute Gasteiger partial charge is 0.490 e. The molecule has 12 nitrogen and oxygen atoms in total. The molecule has 5 rings (SSSR count). The van der Waals surface area contributed by atoms with Crippen LogP contribution in [0.15, 0.2) is 47.6 Å². The molecule has 1 saturated heterocycles. The van der Waals surface area contributed by atoms with E-state index in [1.165, 1.54) is 6.07 Å². The first-order chi connectivity index (χ1) is 19.5. The Morgan fingerprint density at radius 1 is 1.10 bits per heavy atom. The zero-order chi connectivity index (χ0) is 28.0. The van der Waals surface area contributed by atoms with Crippen molar-refractivity contribution in [3.05, 3.63) is 48.3 Å². The van der Waals surface area contributed by atoms with Crippen molar-refractivity contribution in [1.82, 2.24) is 25.0 Å². The minimum absolute atomic E-state index is 0.00193. The fourth-order valence-electron chi connectivity index (χ4n) is 4.46. The molecule has 0 radical (unpaired) electrons. The zero-order valence-corrected chi connectivity index (χ0v) is 23.4. The summed E-state index contributed by atoms with van der Waals surface area (Å²) in [6.45, 7) is 5.21. The zero-order valence-electron chi connectivity index (χ0n) is 22.5. The maximum atomic E-state index is 12.4. The molecule has 0 amide bonds. The summed E-state index contributed by atoms with van der Waals surface area (Å²) >= 11 is 0. The monoisotopic (exact) mass is 571 g/mol. The smallest absolute Gasteiger partial charge is 0.300 e. The Labute approximate surface area is 232 Å². The van der Waals surface area contributed by atoms with Crippen LogP contribution in [0.1, 0.15) is 38.0 Å². The Morgan fingerprint density at radius 3 is 2.70 bits per heavy atom. The maximum absolute atomic E-state index is 12.4. The van der Waals surface area contributed by atoms with Gasteiger partial charge >= 0.3 is 10.1 Å². The number of nitrogens with zero attached hydrogens (tertiary/aromatic N) is 4. The molecule has 3 aromatic heterocycles. The van der Waals surface area contributed by atoms with Gasteiger partial charge in [0.05, 0.1) is 31.5 Å². The molecule has 0 saturated carbocycles. The van der Waals surface area contributed by atoms with Crippen molar-refractivity contribution in [2.24, 2.45) is 0 Å². The van der Waals surface area contributed by atoms with Crippen LogP contribution in [0.3, 0.4) is 0 Å². The van der Waals surface area contributed by atoms with Gasteiger partial charge in [0.2, 0.25) is 5.88 Å². The fourth-order valence-corrected chi connectivity index (χ4v) is 5.50. The van der Waals surface area contributed by atoms with Crippen LogP contribution in [0.2, 0.25) is 0 Å². The van der Waals surface area contributed by atoms with Crippen LogP contribution in [0.25, 0.3) is 22.3 Å². The van der Waals surface area contributed by atoms with Gasteiger partial charge in [0.25, 0.3) is 0 Å². The lowest BCUT2D eigenvalue weighted by Gasteiger charge is -2.23. The number of nitrogens with one attached hydrogen (secondary N) is 1. The number of H-pyrrole nitrogens is 1. The van der Waals surface area contributed by atoms with Crippen LogP contribution in [-0.2, 0) is 23.8 Å². The Balaban J connectivity index is 1.16. The molecule has 1 aliphatic rings. The number of aryl methyl sites for hydroxylation is 1. The molecule has 40 heavy (non-hydrogen) atoms. The summed E-state index contributed by atoms with van der Waals surface area (Å²) in [6.07, 6.45) is 6.41. The van der Waals surface area contributed by atoms with E-state index in [-0.39, 0.29) is 43.3 Å². The summed E-state index contributed by atoms with van der Waals surface area (Å²) in [5, 5.41) is 11.7. The predicted octanol–water partition coefficient (Wildman–Crippen LogP) is 4.03. The lowest BCUT2D eigenvalue weighted by molar-refractivity contribution is -0.0365. The first-order valence-electron chi connectivity index (χ1n) is 13.3. The van der Waals surface area contributed by atoms with E-state index < -0.39 is 10.1 Å². The van der Waals surface area contributed by atoms with Gasteiger partial charge in [-0.2, -0.15) is 18.6 Å². The third-order valence-electron chi connectivity index (χ3n) is 6.33. The molecular formula is C27H33N5O7S. The van der Waals surface area contributed by atoms with Crippen LogP contribution >= 0.6 is 0 Å². The second-order valence-electron chi connectivity index (χ2n) is 9.24. The lowest BCUT2D eigenvalue weighted by Crippen LogP contribution is -2.19. The quantitative estimate of drug-likeness (QED) is 0.185. The topological polar surface area (TPSA) is 140 Å². The molecular weight excluding hydrogens is 538 g/mol. The van der Waals surface area contributed by atoms with E-state index in [0.717, 1.165) is 35.9 Å². The Kier molecular flexibility index (Phi) is 8.94. The average Bonchev–Trinajstić information content (AvgIpc) is 3.61. The second-order valence-corrected chi connectivity index (χ2v) is 10.8. The standard InChI is InChI=1S/C27H33N5O7S/c1-3-39-40(33,34)23-9-7-19(2)16-22(23)36-14-12-35-13-15-37-24-10-8-21-27(30-24)26(20-17-28-29-18-20)31-32(21)25-6-4-5-11-38-25/h7-10,16-18,25H,3-6,11-15H2,1-2H3,(H,28,29). The van der Waals surface area contributed by atoms with Crippen LogP contribution in [0.5, 0.6) is 11.6 Å². The van der Waals surface area contributed by atoms with Gasteiger partial charge < -0.3 is 18.9 Å². The molecule has 1 aliphatic heterocycles. The molecule has 4 aromatic rings. The summed E-state index contributed by atoms with van der Waals surface area (Å²) in [6, 6.07) is 8.60. The molecule has 13 heteroatoms. The van der Waals surface area contributed by atoms with Crippen molar-refractivity contribution in [1.29, 1.82) is 0 Å². The van der Waals surface area contributed by atoms with Gasteiger partial charge in [-0.3, -0.25) is 9.28 Å². The molecule has 1 N–H and O–H groups in total. The van der Waals surface area contributed by atoms with Crippen molar-refractivity contribution in [3.8, 4) is 22.9 Å². The normalized spacial score (nSPS) is 15.9. The van der Waals surface area contributed by atoms with Crippen LogP contribution in [0, 0.1) is 6.92 Å². The minimum Gasteiger partial charge on any atom is -0.490 e. The van der Waals surface area contributed by atoms with Crippen LogP contribution in [-0.4, -0.2) is 73.0 Å². The summed E-state index contributed by atoms with van der Waals surface area (Å²) in [4.78, 5) is 4.72. The highest BCUT2D eigenvalue weighted by molar-refractivity contribution is 7.86. The molecule has 1 atom stereocenters. The SMILES string of the molecule is CCOS(=O)(=O)c1ccc(C)cc1OCCOCCOc1ccc2c(n1)c(-c1cn[nH]c1)nn2C1CCCCO1. The molecule has 0 aliphatic carbocycles. The number of aromatic amines is 1. The van der Waals surface area contributed by atoms with E-state index in [2.05, 4.69) is 10.2 Å². The van der Waals surface area contributed by atoms with Crippen LogP contribution in [0.4, 0.5) is 0 Å². The number of hydrogen-bond donors (Lipinski definition) is 1. The average molecular weight is 572 g/mol. The van der Waals surface area contributed by atoms with Gasteiger partial charge in [-0.1, -0.05) is 6.07 Å². The maximum Gasteiger partial charge on any atom is 0.300 e. The van der Waals surface area contributed by atoms with Gasteiger partial charge in [0, 0.05) is 24.4 Å². The van der Waals surface area contributed by atoms with Crippen molar-refractivity contribution in [2.75, 3.05) is 39.6 Å². The summed E-state index contributed by atoms with van der Waals surface area (Å²) in [7, 11) is -3.89. The van der Waals surface area contributed by atoms with Crippen molar-refractivity contribution >= 4 is 21.2 Å². The minimum atomic E-state index is -3.89. The Hall–Kier alpha value is -3.52. The molecule has 214 valence electrons. The van der Waals surface area contributed by atoms with Gasteiger partial charge in [0.1, 0.15) is 35.1 Å². The first kappa shape index (κ1) is 28.0. The van der Waals surface area contributed by atoms with E-state index in [9.17, 15) is 8.42 Å². The van der Waals surface area contributed by atoms with E-state index in [0.29, 0.717) is 30.3 Å². The van der Waals surface area contributed by atoms with Crippen molar-refractivity contribution in [3.63, 3.8) is 0 Å². The van der Waals surface area contributed by atoms with E-state index in [4.69, 9.17) is 33.2 Å². The molecule has 4 heterocycles. The second kappa shape index (κ2) is 12.8. The predicted molar refractivity (Wildman–Crippen MR) is 146 cm³/mol. The number of benzene rings is 1. The van der Waals surface area contributed by atoms with Gasteiger partial charge in [-0.25, -0.2) is 9.67 Å². The number of ether oxygens (including phenoxy) is 4. The van der Waals surface area contributed by atoms with Crippen molar-refractivity contribution in [2.45, 2.75) is 44.2 Å². The number of hydrogen-bond acceptors (Lipinski definition) is 10. The molecule has 0 bridgehead atoms. The molecule has 1 unspecified atom stereocenters. The molecule has 1 aromatic carbocycles. The third kappa shape index (κ3) is 6.44. The lowest BCUT2D eigenvalue weighted by atomic mass is 10.2. The van der Waals surface area contributed by atoms with E-state index in [1.807, 2.05) is 23.7 Å². The van der Waals surface area contributed by atoms with Crippen LogP contribution < -0.4 is 9.47 Å². The highest BCUT2D eigenvalue weighted by Gasteiger charge is 2.23. The fraction of sp³-hybridized carbons (Fsp3) is 0.444. The highest BCUT2D eigenvalue weighted by atomic mass is 32.2. The Bertz CT molecular complexity index is 1520. The Morgan fingerprint density at radius 2 is 1.95 bits per heavy atom. The molecule has 1 fully saturated rings. The number of fused-ring (bicyclic) bond motifs is 1. The van der Waals surface area contributed by atoms with Crippen molar-refractivity contribution < 1.29 is 31.5 Å². The summed E-state index contributed by atoms with van der Waals surface area (Å²) < 4.78 is 54.7. The van der Waals surface area contributed by atoms with Gasteiger partial charge in [0.15, 0.2) is 6.23 Å². The molecule has 0 spiro atoms. The van der Waals surface area contributed by atoms with E-state index >= 15 is 0 Å². The number of aromatic nitrogens is 5. The summed E-state index contributed by atoms with van der Waals surface area (Å²) in [5.74, 6) is 0.685. The first-order valence-corrected chi connectivity index (χ1v) is 14.7.